The summed E-state index contributed by atoms with van der Waals surface area (Å²) in [6, 6.07) is 5.58. The second-order valence-electron chi connectivity index (χ2n) is 6.83. The average Bonchev–Trinajstić information content (AvgIpc) is 2.67. The van der Waals surface area contributed by atoms with Crippen molar-refractivity contribution >= 4 is 41.0 Å². The molecule has 1 aromatic carbocycles. The molecule has 2 aromatic rings. The first-order valence-electron chi connectivity index (χ1n) is 9.32. The molecule has 0 saturated carbocycles. The Kier molecular flexibility index (Phi) is 8.20. The number of aryl methyl sites for hydroxylation is 1. The van der Waals surface area contributed by atoms with Crippen molar-refractivity contribution in [3.05, 3.63) is 45.2 Å². The number of pyridine rings is 1. The number of unbranched alkanes of at least 4 members (excludes halogenated alkanes) is 1. The van der Waals surface area contributed by atoms with Crippen molar-refractivity contribution < 1.29 is 4.79 Å². The number of fused-ring (bicyclic) bond motifs is 3. The summed E-state index contributed by atoms with van der Waals surface area (Å²) in [5, 5.41) is 4.02. The van der Waals surface area contributed by atoms with E-state index in [0.717, 1.165) is 65.9 Å². The summed E-state index contributed by atoms with van der Waals surface area (Å²) in [7, 11) is 2.11. The molecular weight excluding hydrogens is 382 g/mol. The lowest BCUT2D eigenvalue weighted by Crippen LogP contribution is -2.26. The Bertz CT molecular complexity index is 853. The second-order valence-corrected chi connectivity index (χ2v) is 7.94. The molecule has 0 spiro atoms. The molecule has 0 fully saturated rings. The van der Waals surface area contributed by atoms with Gasteiger partial charge in [0.2, 0.25) is 0 Å². The number of carbonyl (C=O) groups is 1. The van der Waals surface area contributed by atoms with Crippen LogP contribution in [0.1, 0.15) is 41.3 Å². The van der Waals surface area contributed by atoms with Crippen LogP contribution in [-0.2, 0) is 12.2 Å². The standard InChI is InChI=1S/C20H27N3O2S.ClH/c1-3-23(2)10-5-4-9-21-19(24)14-6-7-18-16(12-14)15-8-11-26-13-17(15)20(25)22-18;/h6-7,12H,3-5,8-11,13H2,1-2H3,(H,21,24)(H,22,25);1H. The molecule has 1 amide bonds. The third kappa shape index (κ3) is 5.27. The minimum Gasteiger partial charge on any atom is -0.352 e. The van der Waals surface area contributed by atoms with E-state index in [1.807, 2.05) is 12.1 Å². The molecule has 5 nitrogen and oxygen atoms in total. The number of rotatable bonds is 7. The number of hydrogen-bond donors (Lipinski definition) is 2. The molecular formula is C20H28ClN3O2S. The molecule has 148 valence electrons. The van der Waals surface area contributed by atoms with Crippen molar-refractivity contribution in [2.75, 3.05) is 32.4 Å². The lowest BCUT2D eigenvalue weighted by molar-refractivity contribution is 0.0953. The van der Waals surface area contributed by atoms with Crippen LogP contribution in [0, 0.1) is 0 Å². The predicted molar refractivity (Wildman–Crippen MR) is 116 cm³/mol. The van der Waals surface area contributed by atoms with E-state index in [0.29, 0.717) is 12.1 Å². The lowest BCUT2D eigenvalue weighted by Gasteiger charge is -2.17. The third-order valence-electron chi connectivity index (χ3n) is 5.03. The summed E-state index contributed by atoms with van der Waals surface area (Å²) in [6.07, 6.45) is 2.94. The monoisotopic (exact) mass is 409 g/mol. The summed E-state index contributed by atoms with van der Waals surface area (Å²) < 4.78 is 0. The highest BCUT2D eigenvalue weighted by molar-refractivity contribution is 7.98. The van der Waals surface area contributed by atoms with Crippen molar-refractivity contribution in [3.63, 3.8) is 0 Å². The maximum Gasteiger partial charge on any atom is 0.252 e. The van der Waals surface area contributed by atoms with Gasteiger partial charge >= 0.3 is 0 Å². The highest BCUT2D eigenvalue weighted by Crippen LogP contribution is 2.28. The van der Waals surface area contributed by atoms with E-state index in [1.54, 1.807) is 17.8 Å². The molecule has 7 heteroatoms. The highest BCUT2D eigenvalue weighted by Gasteiger charge is 2.17. The minimum absolute atomic E-state index is 0. The van der Waals surface area contributed by atoms with E-state index in [2.05, 4.69) is 29.2 Å². The summed E-state index contributed by atoms with van der Waals surface area (Å²) in [5.74, 6) is 1.73. The molecule has 0 atom stereocenters. The number of amides is 1. The number of halogens is 1. The van der Waals surface area contributed by atoms with Crippen LogP contribution in [-0.4, -0.2) is 48.2 Å². The second kappa shape index (κ2) is 10.2. The first kappa shape index (κ1) is 21.8. The molecule has 0 aliphatic carbocycles. The predicted octanol–water partition coefficient (Wildman–Crippen LogP) is 3.20. The fourth-order valence-corrected chi connectivity index (χ4v) is 4.30. The van der Waals surface area contributed by atoms with Crippen molar-refractivity contribution in [1.29, 1.82) is 0 Å². The summed E-state index contributed by atoms with van der Waals surface area (Å²) in [6.45, 7) is 4.94. The van der Waals surface area contributed by atoms with Crippen LogP contribution in [0.4, 0.5) is 0 Å². The van der Waals surface area contributed by atoms with Gasteiger partial charge in [0.15, 0.2) is 0 Å². The smallest absolute Gasteiger partial charge is 0.252 e. The van der Waals surface area contributed by atoms with Gasteiger partial charge in [0.05, 0.1) is 0 Å². The van der Waals surface area contributed by atoms with Gasteiger partial charge in [-0.15, -0.1) is 12.4 Å². The van der Waals surface area contributed by atoms with Crippen molar-refractivity contribution in [3.8, 4) is 0 Å². The van der Waals surface area contributed by atoms with Crippen LogP contribution in [0.2, 0.25) is 0 Å². The van der Waals surface area contributed by atoms with Gasteiger partial charge < -0.3 is 15.2 Å². The van der Waals surface area contributed by atoms with Crippen molar-refractivity contribution in [1.82, 2.24) is 15.2 Å². The van der Waals surface area contributed by atoms with Crippen molar-refractivity contribution in [2.45, 2.75) is 31.9 Å². The quantitative estimate of drug-likeness (QED) is 0.689. The third-order valence-corrected chi connectivity index (χ3v) is 6.01. The van der Waals surface area contributed by atoms with Crippen molar-refractivity contribution in [2.24, 2.45) is 0 Å². The van der Waals surface area contributed by atoms with Crippen LogP contribution in [0.25, 0.3) is 10.9 Å². The van der Waals surface area contributed by atoms with Gasteiger partial charge in [0, 0.05) is 34.3 Å². The van der Waals surface area contributed by atoms with E-state index >= 15 is 0 Å². The molecule has 0 saturated heterocycles. The topological polar surface area (TPSA) is 65.2 Å². The molecule has 1 aromatic heterocycles. The minimum atomic E-state index is -0.0409. The maximum absolute atomic E-state index is 12.5. The maximum atomic E-state index is 12.5. The Morgan fingerprint density at radius 3 is 2.89 bits per heavy atom. The summed E-state index contributed by atoms with van der Waals surface area (Å²) >= 11 is 1.79. The molecule has 1 aliphatic heterocycles. The molecule has 2 N–H and O–H groups in total. The Labute approximate surface area is 170 Å². The zero-order valence-corrected chi connectivity index (χ0v) is 17.6. The largest absolute Gasteiger partial charge is 0.352 e. The van der Waals surface area contributed by atoms with Crippen LogP contribution in [0.3, 0.4) is 0 Å². The van der Waals surface area contributed by atoms with E-state index in [1.165, 1.54) is 0 Å². The summed E-state index contributed by atoms with van der Waals surface area (Å²) in [4.78, 5) is 29.9. The van der Waals surface area contributed by atoms with Crippen LogP contribution < -0.4 is 10.9 Å². The first-order valence-corrected chi connectivity index (χ1v) is 10.5. The van der Waals surface area contributed by atoms with Gasteiger partial charge in [-0.2, -0.15) is 11.8 Å². The molecule has 2 heterocycles. The number of carbonyl (C=O) groups excluding carboxylic acids is 1. The normalized spacial score (nSPS) is 13.3. The Morgan fingerprint density at radius 1 is 1.30 bits per heavy atom. The van der Waals surface area contributed by atoms with E-state index in [9.17, 15) is 9.59 Å². The van der Waals surface area contributed by atoms with Gasteiger partial charge in [-0.1, -0.05) is 6.92 Å². The Hall–Kier alpha value is -1.50. The number of hydrogen-bond acceptors (Lipinski definition) is 4. The molecule has 0 radical (unpaired) electrons. The number of nitrogens with one attached hydrogen (secondary N) is 2. The molecule has 0 bridgehead atoms. The molecule has 0 unspecified atom stereocenters. The number of nitrogens with zero attached hydrogens (tertiary/aromatic N) is 1. The van der Waals surface area contributed by atoms with Crippen LogP contribution in [0.5, 0.6) is 0 Å². The molecule has 27 heavy (non-hydrogen) atoms. The van der Waals surface area contributed by atoms with Gasteiger partial charge in [-0.05, 0) is 68.9 Å². The van der Waals surface area contributed by atoms with Gasteiger partial charge in [0.25, 0.3) is 11.5 Å². The highest BCUT2D eigenvalue weighted by atomic mass is 35.5. The number of benzene rings is 1. The summed E-state index contributed by atoms with van der Waals surface area (Å²) in [5.41, 5.74) is 3.47. The molecule has 1 aliphatic rings. The number of aromatic amines is 1. The fourth-order valence-electron chi connectivity index (χ4n) is 3.30. The zero-order chi connectivity index (χ0) is 18.5. The fraction of sp³-hybridized carbons (Fsp3) is 0.500. The van der Waals surface area contributed by atoms with Crippen LogP contribution >= 0.6 is 24.2 Å². The van der Waals surface area contributed by atoms with E-state index in [4.69, 9.17) is 0 Å². The van der Waals surface area contributed by atoms with Gasteiger partial charge in [-0.25, -0.2) is 0 Å². The number of thioether (sulfide) groups is 1. The zero-order valence-electron chi connectivity index (χ0n) is 16.0. The molecule has 3 rings (SSSR count). The Balaban J connectivity index is 0.00000261. The average molecular weight is 410 g/mol. The first-order chi connectivity index (χ1) is 12.6. The van der Waals surface area contributed by atoms with E-state index < -0.39 is 0 Å². The lowest BCUT2D eigenvalue weighted by atomic mass is 9.99. The number of aromatic nitrogens is 1. The Morgan fingerprint density at radius 2 is 2.11 bits per heavy atom. The SMILES string of the molecule is CCN(C)CCCCNC(=O)c1ccc2[nH]c(=O)c3c(c2c1)CCSC3.Cl. The van der Waals surface area contributed by atoms with Gasteiger partial charge in [0.1, 0.15) is 0 Å². The number of H-pyrrole nitrogens is 1. The van der Waals surface area contributed by atoms with Gasteiger partial charge in [-0.3, -0.25) is 9.59 Å². The van der Waals surface area contributed by atoms with Crippen LogP contribution in [0.15, 0.2) is 23.0 Å². The van der Waals surface area contributed by atoms with E-state index in [-0.39, 0.29) is 23.9 Å².